The van der Waals surface area contributed by atoms with Crippen LogP contribution >= 0.6 is 11.3 Å². The number of thiophene rings is 1. The lowest BCUT2D eigenvalue weighted by Gasteiger charge is -2.44. The molecule has 0 amide bonds. The predicted octanol–water partition coefficient (Wildman–Crippen LogP) is 18.2. The topological polar surface area (TPSA) is 28.4 Å². The van der Waals surface area contributed by atoms with Gasteiger partial charge in [-0.3, -0.25) is 0 Å². The summed E-state index contributed by atoms with van der Waals surface area (Å²) < 4.78 is 9.36. The molecule has 3 aliphatic carbocycles. The molecule has 9 aromatic rings. The highest BCUT2D eigenvalue weighted by atomic mass is 32.1. The lowest BCUT2D eigenvalue weighted by Crippen LogP contribution is -2.42. The molecule has 5 heteroatoms. The molecule has 7 aromatic carbocycles. The molecule has 3 heterocycles. The number of hydrogen-bond acceptors (Lipinski definition) is 4. The normalized spacial score (nSPS) is 19.6. The Morgan fingerprint density at radius 1 is 0.486 bits per heavy atom. The van der Waals surface area contributed by atoms with Crippen molar-refractivity contribution in [1.82, 2.24) is 0 Å². The van der Waals surface area contributed by atoms with Gasteiger partial charge >= 0.3 is 0 Å². The summed E-state index contributed by atoms with van der Waals surface area (Å²) in [5.41, 5.74) is 23.3. The molecular formula is C67H70BN2OS. The van der Waals surface area contributed by atoms with Crippen LogP contribution in [0.25, 0.3) is 53.2 Å². The highest BCUT2D eigenvalue weighted by Crippen LogP contribution is 2.55. The number of anilines is 5. The number of benzene rings is 7. The molecule has 1 aliphatic heterocycles. The summed E-state index contributed by atoms with van der Waals surface area (Å²) in [4.78, 5) is 2.69. The fraction of sp³-hybridized carbons (Fsp3) is 0.373. The van der Waals surface area contributed by atoms with Crippen molar-refractivity contribution in [2.24, 2.45) is 0 Å². The van der Waals surface area contributed by atoms with E-state index in [1.54, 1.807) is 0 Å². The Labute approximate surface area is 432 Å². The molecular weight excluding hydrogens is 892 g/mol. The maximum Gasteiger partial charge on any atom is 0.198 e. The monoisotopic (exact) mass is 962 g/mol. The largest absolute Gasteiger partial charge is 0.456 e. The van der Waals surface area contributed by atoms with Gasteiger partial charge in [0.2, 0.25) is 0 Å². The van der Waals surface area contributed by atoms with Gasteiger partial charge in [0.1, 0.15) is 11.2 Å². The van der Waals surface area contributed by atoms with E-state index in [4.69, 9.17) is 4.42 Å². The third-order valence-electron chi connectivity index (χ3n) is 18.8. The van der Waals surface area contributed by atoms with Gasteiger partial charge in [0.15, 0.2) is 7.28 Å². The van der Waals surface area contributed by atoms with E-state index in [1.165, 1.54) is 129 Å². The van der Waals surface area contributed by atoms with Crippen LogP contribution in [0.1, 0.15) is 161 Å². The molecule has 2 aromatic heterocycles. The molecule has 1 N–H and O–H groups in total. The van der Waals surface area contributed by atoms with Crippen LogP contribution in [0.2, 0.25) is 0 Å². The molecule has 3 nitrogen and oxygen atoms in total. The zero-order valence-corrected chi connectivity index (χ0v) is 45.8. The Balaban J connectivity index is 1.15. The highest BCUT2D eigenvalue weighted by molar-refractivity contribution is 7.26. The number of rotatable bonds is 4. The summed E-state index contributed by atoms with van der Waals surface area (Å²) in [6, 6.07) is 42.5. The molecule has 1 radical (unpaired) electrons. The summed E-state index contributed by atoms with van der Waals surface area (Å²) in [5, 5.41) is 9.15. The van der Waals surface area contributed by atoms with Crippen LogP contribution in [-0.2, 0) is 32.5 Å². The van der Waals surface area contributed by atoms with Crippen LogP contribution < -0.4 is 21.1 Å². The number of fused-ring (bicyclic) bond motifs is 13. The molecule has 0 fully saturated rings. The van der Waals surface area contributed by atoms with E-state index >= 15 is 0 Å². The van der Waals surface area contributed by atoms with E-state index in [1.807, 2.05) is 11.3 Å². The van der Waals surface area contributed by atoms with Gasteiger partial charge in [-0.25, -0.2) is 0 Å². The van der Waals surface area contributed by atoms with Crippen LogP contribution in [0.5, 0.6) is 0 Å². The van der Waals surface area contributed by atoms with Gasteiger partial charge in [-0.05, 0) is 194 Å². The van der Waals surface area contributed by atoms with Gasteiger partial charge in [0.05, 0.1) is 10.4 Å². The van der Waals surface area contributed by atoms with E-state index in [-0.39, 0.29) is 32.5 Å². The second-order valence-corrected chi connectivity index (χ2v) is 27.5. The quantitative estimate of drug-likeness (QED) is 0.178. The van der Waals surface area contributed by atoms with Crippen molar-refractivity contribution in [3.05, 3.63) is 148 Å². The molecule has 0 unspecified atom stereocenters. The fourth-order valence-corrected chi connectivity index (χ4v) is 15.1. The first-order valence-corrected chi connectivity index (χ1v) is 27.7. The zero-order chi connectivity index (χ0) is 50.2. The van der Waals surface area contributed by atoms with Gasteiger partial charge in [-0.1, -0.05) is 132 Å². The van der Waals surface area contributed by atoms with E-state index < -0.39 is 0 Å². The maximum absolute atomic E-state index is 6.73. The summed E-state index contributed by atoms with van der Waals surface area (Å²) in [7, 11) is 2.55. The molecule has 0 atom stereocenters. The second kappa shape index (κ2) is 15.2. The molecule has 363 valence electrons. The van der Waals surface area contributed by atoms with Crippen molar-refractivity contribution in [1.29, 1.82) is 0 Å². The third kappa shape index (κ3) is 6.74. The molecule has 0 saturated carbocycles. The molecule has 4 aliphatic rings. The average Bonchev–Trinajstić information content (AvgIpc) is 3.91. The Morgan fingerprint density at radius 2 is 1.06 bits per heavy atom. The maximum atomic E-state index is 6.73. The van der Waals surface area contributed by atoms with E-state index in [0.29, 0.717) is 0 Å². The first-order chi connectivity index (χ1) is 34.0. The van der Waals surface area contributed by atoms with Gasteiger partial charge < -0.3 is 14.6 Å². The number of para-hydroxylation sites is 1. The van der Waals surface area contributed by atoms with Crippen molar-refractivity contribution in [2.75, 3.05) is 10.2 Å². The zero-order valence-electron chi connectivity index (χ0n) is 45.0. The van der Waals surface area contributed by atoms with Crippen LogP contribution in [0.4, 0.5) is 28.4 Å². The minimum Gasteiger partial charge on any atom is -0.456 e. The number of aryl methyl sites for hydroxylation is 1. The standard InChI is InChI=1S/C67H70BN2OS/c1-38-32-46-50(67(12,13)31-28-63(46,4)5)37-53(38)70-52-24-25-55-57(41-19-14-16-20-54(41)71-55)59(52)68-58-43(34-44-40-18-15-17-21-56(40)72-61(44)60(58)70)42-35-48-49(66(10,11)30-29-65(48,8)9)36-51(42)69-39-22-23-45-47(33-39)64(6,7)27-26-62(45,2)3/h14-25,32-37,69H,26-31H2,1-13H3. The van der Waals surface area contributed by atoms with E-state index in [2.05, 4.69) is 217 Å². The lowest BCUT2D eigenvalue weighted by atomic mass is 9.56. The van der Waals surface area contributed by atoms with Gasteiger partial charge in [-0.15, -0.1) is 11.3 Å². The van der Waals surface area contributed by atoms with E-state index in [9.17, 15) is 0 Å². The predicted molar refractivity (Wildman–Crippen MR) is 312 cm³/mol. The Bertz CT molecular complexity index is 3800. The first kappa shape index (κ1) is 46.0. The number of nitrogens with one attached hydrogen (secondary N) is 1. The minimum atomic E-state index is 0.00381. The van der Waals surface area contributed by atoms with Crippen LogP contribution in [-0.4, -0.2) is 7.28 Å². The Morgan fingerprint density at radius 3 is 1.74 bits per heavy atom. The van der Waals surface area contributed by atoms with Crippen LogP contribution in [0, 0.1) is 6.92 Å². The van der Waals surface area contributed by atoms with Crippen LogP contribution in [0.3, 0.4) is 0 Å². The lowest BCUT2D eigenvalue weighted by molar-refractivity contribution is 0.332. The minimum absolute atomic E-state index is 0.00381. The van der Waals surface area contributed by atoms with Crippen molar-refractivity contribution < 1.29 is 4.42 Å². The Kier molecular flexibility index (Phi) is 9.69. The first-order valence-electron chi connectivity index (χ1n) is 26.9. The van der Waals surface area contributed by atoms with Gasteiger partial charge in [-0.2, -0.15) is 0 Å². The SMILES string of the molecule is Cc1cc2c(cc1N1c3ccc4oc5ccccc5c4c3[B]c3c(-c4cc5c(cc4Nc4ccc6c(c4)C(C)(C)CCC6(C)C)C(C)(C)CCC5(C)C)cc4c(sc5ccccc54)c31)C(C)(C)CCC2(C)C. The van der Waals surface area contributed by atoms with Crippen molar-refractivity contribution in [3.63, 3.8) is 0 Å². The summed E-state index contributed by atoms with van der Waals surface area (Å²) in [6.07, 6.45) is 7.01. The smallest absolute Gasteiger partial charge is 0.198 e. The summed E-state index contributed by atoms with van der Waals surface area (Å²) in [6.45, 7) is 31.8. The van der Waals surface area contributed by atoms with E-state index in [0.717, 1.165) is 41.5 Å². The highest BCUT2D eigenvalue weighted by Gasteiger charge is 2.43. The third-order valence-corrected chi connectivity index (χ3v) is 20.0. The number of nitrogens with zero attached hydrogens (tertiary/aromatic N) is 1. The van der Waals surface area contributed by atoms with Crippen LogP contribution in [0.15, 0.2) is 114 Å². The summed E-state index contributed by atoms with van der Waals surface area (Å²) in [5.74, 6) is 0. The molecule has 72 heavy (non-hydrogen) atoms. The average molecular weight is 962 g/mol. The Hall–Kier alpha value is -5.78. The fourth-order valence-electron chi connectivity index (χ4n) is 13.8. The second-order valence-electron chi connectivity index (χ2n) is 26.4. The molecule has 0 saturated heterocycles. The number of furan rings is 1. The molecule has 0 spiro atoms. The van der Waals surface area contributed by atoms with Gasteiger partial charge in [0, 0.05) is 54.6 Å². The van der Waals surface area contributed by atoms with Crippen molar-refractivity contribution in [2.45, 2.75) is 161 Å². The molecule has 0 bridgehead atoms. The number of hydrogen-bond donors (Lipinski definition) is 1. The van der Waals surface area contributed by atoms with Crippen molar-refractivity contribution in [3.8, 4) is 11.1 Å². The van der Waals surface area contributed by atoms with Gasteiger partial charge in [0.25, 0.3) is 0 Å². The molecule has 13 rings (SSSR count). The van der Waals surface area contributed by atoms with Crippen molar-refractivity contribution >= 4 is 100 Å². The summed E-state index contributed by atoms with van der Waals surface area (Å²) >= 11 is 1.94.